The summed E-state index contributed by atoms with van der Waals surface area (Å²) in [5.41, 5.74) is 2.79. The van der Waals surface area contributed by atoms with E-state index < -0.39 is 23.6 Å². The molecule has 0 atom stereocenters. The molecular weight excluding hydrogens is 658 g/mol. The van der Waals surface area contributed by atoms with Crippen molar-refractivity contribution in [2.45, 2.75) is 72.0 Å². The molecule has 1 aliphatic rings. The zero-order valence-corrected chi connectivity index (χ0v) is 29.2. The molecular formula is C37H39ClF2N2O5S. The van der Waals surface area contributed by atoms with Crippen LogP contribution in [-0.4, -0.2) is 58.4 Å². The van der Waals surface area contributed by atoms with Gasteiger partial charge in [0, 0.05) is 36.3 Å². The van der Waals surface area contributed by atoms with Gasteiger partial charge in [0.25, 0.3) is 5.91 Å². The highest BCUT2D eigenvalue weighted by Crippen LogP contribution is 2.41. The lowest BCUT2D eigenvalue weighted by molar-refractivity contribution is 0.0492. The van der Waals surface area contributed by atoms with Gasteiger partial charge in [0.05, 0.1) is 22.2 Å². The summed E-state index contributed by atoms with van der Waals surface area (Å²) in [7, 11) is 1.54. The van der Waals surface area contributed by atoms with Crippen molar-refractivity contribution in [1.82, 2.24) is 9.80 Å². The van der Waals surface area contributed by atoms with Gasteiger partial charge in [-0.2, -0.15) is 0 Å². The highest BCUT2D eigenvalue weighted by molar-refractivity contribution is 7.21. The molecule has 2 amide bonds. The van der Waals surface area contributed by atoms with E-state index >= 15 is 0 Å². The molecule has 1 heterocycles. The van der Waals surface area contributed by atoms with Crippen molar-refractivity contribution in [3.63, 3.8) is 0 Å². The number of thiophene rings is 1. The molecule has 0 aliphatic heterocycles. The van der Waals surface area contributed by atoms with Crippen molar-refractivity contribution >= 4 is 50.8 Å². The van der Waals surface area contributed by atoms with E-state index in [0.29, 0.717) is 49.1 Å². The number of carbonyl (C=O) groups is 3. The van der Waals surface area contributed by atoms with E-state index in [4.69, 9.17) is 16.3 Å². The Morgan fingerprint density at radius 3 is 2.04 bits per heavy atom. The predicted molar refractivity (Wildman–Crippen MR) is 185 cm³/mol. The van der Waals surface area contributed by atoms with Crippen LogP contribution in [0.2, 0.25) is 5.02 Å². The molecule has 0 saturated heterocycles. The third kappa shape index (κ3) is 7.50. The lowest BCUT2D eigenvalue weighted by Gasteiger charge is -2.41. The molecule has 0 bridgehead atoms. The van der Waals surface area contributed by atoms with Crippen LogP contribution in [0, 0.1) is 17.0 Å². The Balaban J connectivity index is 1.52. The number of carbonyl (C=O) groups excluding carboxylic acids is 2. The van der Waals surface area contributed by atoms with Gasteiger partial charge in [-0.05, 0) is 73.4 Å². The molecule has 1 fully saturated rings. The first-order valence-corrected chi connectivity index (χ1v) is 17.0. The van der Waals surface area contributed by atoms with Crippen LogP contribution in [0.3, 0.4) is 0 Å². The first kappa shape index (κ1) is 35.3. The minimum absolute atomic E-state index is 0.0279. The summed E-state index contributed by atoms with van der Waals surface area (Å²) in [4.78, 5) is 41.7. The zero-order chi connectivity index (χ0) is 34.9. The molecule has 5 rings (SSSR count). The fraction of sp³-hybridized carbons (Fsp3) is 0.378. The Morgan fingerprint density at radius 2 is 1.50 bits per heavy atom. The molecule has 7 nitrogen and oxygen atoms in total. The second-order valence-corrected chi connectivity index (χ2v) is 14.9. The number of carboxylic acid groups (broad SMARTS) is 1. The number of amides is 2. The van der Waals surface area contributed by atoms with E-state index in [9.17, 15) is 28.3 Å². The average molecular weight is 697 g/mol. The topological polar surface area (TPSA) is 87.2 Å². The third-order valence-electron chi connectivity index (χ3n) is 8.82. The molecule has 3 aromatic carbocycles. The molecule has 11 heteroatoms. The van der Waals surface area contributed by atoms with E-state index in [2.05, 4.69) is 0 Å². The summed E-state index contributed by atoms with van der Waals surface area (Å²) >= 11 is 7.43. The smallest absolute Gasteiger partial charge is 0.407 e. The van der Waals surface area contributed by atoms with E-state index in [1.165, 1.54) is 11.8 Å². The normalized spacial score (nSPS) is 16.5. The van der Waals surface area contributed by atoms with Gasteiger partial charge in [-0.1, -0.05) is 62.7 Å². The van der Waals surface area contributed by atoms with Crippen LogP contribution in [0.5, 0.6) is 5.75 Å². The molecule has 1 aromatic heterocycles. The number of benzene rings is 3. The first-order valence-electron chi connectivity index (χ1n) is 15.8. The van der Waals surface area contributed by atoms with Crippen LogP contribution in [0.25, 0.3) is 21.2 Å². The van der Waals surface area contributed by atoms with Crippen LogP contribution in [-0.2, 0) is 6.54 Å². The summed E-state index contributed by atoms with van der Waals surface area (Å²) < 4.78 is 35.3. The molecule has 254 valence electrons. The SMILES string of the molecule is COc1ccc(-c2ccc(C(C)=O)cc2)cc1CN(C(=O)c1sc2c(F)ccc(F)c2c1Cl)C1CCC(N(CC(C)(C)C)C(=O)O)CC1. The fourth-order valence-electron chi connectivity index (χ4n) is 6.44. The van der Waals surface area contributed by atoms with Crippen LogP contribution in [0.1, 0.15) is 79.0 Å². The highest BCUT2D eigenvalue weighted by Gasteiger charge is 2.36. The molecule has 0 spiro atoms. The second kappa shape index (κ2) is 14.2. The van der Waals surface area contributed by atoms with Gasteiger partial charge in [-0.3, -0.25) is 9.59 Å². The molecule has 1 N–H and O–H groups in total. The monoisotopic (exact) mass is 696 g/mol. The van der Waals surface area contributed by atoms with Gasteiger partial charge in [-0.25, -0.2) is 13.6 Å². The van der Waals surface area contributed by atoms with E-state index in [0.717, 1.165) is 34.6 Å². The van der Waals surface area contributed by atoms with E-state index in [-0.39, 0.29) is 49.8 Å². The molecule has 0 radical (unpaired) electrons. The fourth-order valence-corrected chi connectivity index (χ4v) is 7.95. The summed E-state index contributed by atoms with van der Waals surface area (Å²) in [6.45, 7) is 7.98. The summed E-state index contributed by atoms with van der Waals surface area (Å²) in [5, 5.41) is 9.76. The van der Waals surface area contributed by atoms with Gasteiger partial charge in [-0.15, -0.1) is 11.3 Å². The number of hydrogen-bond donors (Lipinski definition) is 1. The van der Waals surface area contributed by atoms with Crippen LogP contribution < -0.4 is 4.74 Å². The van der Waals surface area contributed by atoms with Gasteiger partial charge in [0.15, 0.2) is 5.78 Å². The van der Waals surface area contributed by atoms with Crippen molar-refractivity contribution in [2.75, 3.05) is 13.7 Å². The van der Waals surface area contributed by atoms with Crippen LogP contribution in [0.15, 0.2) is 54.6 Å². The maximum absolute atomic E-state index is 14.8. The number of halogens is 3. The largest absolute Gasteiger partial charge is 0.496 e. The van der Waals surface area contributed by atoms with Crippen molar-refractivity contribution in [1.29, 1.82) is 0 Å². The van der Waals surface area contributed by atoms with Crippen molar-refractivity contribution in [2.24, 2.45) is 5.41 Å². The standard InChI is InChI=1S/C37H39ClF2N2O5S/c1-21(43)22-6-8-23(9-7-22)24-10-17-30(47-5)25(18-24)19-41(26-11-13-27(14-12-26)42(36(45)46)20-37(2,3)4)35(44)34-32(38)31-28(39)15-16-29(40)33(31)48-34/h6-10,15-18,26-27H,11-14,19-20H2,1-5H3,(H,45,46). The number of methoxy groups -OCH3 is 1. The Labute approximate surface area is 288 Å². The predicted octanol–water partition coefficient (Wildman–Crippen LogP) is 9.69. The second-order valence-electron chi connectivity index (χ2n) is 13.5. The Hall–Kier alpha value is -4.02. The summed E-state index contributed by atoms with van der Waals surface area (Å²) in [6, 6.07) is 14.4. The lowest BCUT2D eigenvalue weighted by Crippen LogP contribution is -2.49. The highest BCUT2D eigenvalue weighted by atomic mass is 35.5. The molecule has 0 unspecified atom stereocenters. The van der Waals surface area contributed by atoms with E-state index in [1.807, 2.05) is 51.1 Å². The van der Waals surface area contributed by atoms with Gasteiger partial charge < -0.3 is 19.6 Å². The molecule has 1 saturated carbocycles. The van der Waals surface area contributed by atoms with Crippen LogP contribution in [0.4, 0.5) is 13.6 Å². The van der Waals surface area contributed by atoms with Crippen molar-refractivity contribution in [3.05, 3.63) is 87.3 Å². The Kier molecular flexibility index (Phi) is 10.5. The number of nitrogens with zero attached hydrogens (tertiary/aromatic N) is 2. The Morgan fingerprint density at radius 1 is 0.917 bits per heavy atom. The van der Waals surface area contributed by atoms with Crippen LogP contribution >= 0.6 is 22.9 Å². The molecule has 1 aliphatic carbocycles. The minimum atomic E-state index is -0.972. The Bertz CT molecular complexity index is 1850. The molecule has 4 aromatic rings. The first-order chi connectivity index (χ1) is 22.7. The maximum Gasteiger partial charge on any atom is 0.407 e. The van der Waals surface area contributed by atoms with Crippen molar-refractivity contribution < 1.29 is 33.0 Å². The minimum Gasteiger partial charge on any atom is -0.496 e. The van der Waals surface area contributed by atoms with Gasteiger partial charge >= 0.3 is 6.09 Å². The lowest BCUT2D eigenvalue weighted by atomic mass is 9.87. The third-order valence-corrected chi connectivity index (χ3v) is 10.5. The number of rotatable bonds is 9. The number of Topliss-reactive ketones (excluding diaryl/α,β-unsaturated/α-hetero) is 1. The zero-order valence-electron chi connectivity index (χ0n) is 27.6. The number of hydrogen-bond acceptors (Lipinski definition) is 5. The quantitative estimate of drug-likeness (QED) is 0.176. The number of ether oxygens (including phenoxy) is 1. The maximum atomic E-state index is 14.8. The van der Waals surface area contributed by atoms with Crippen molar-refractivity contribution in [3.8, 4) is 16.9 Å². The van der Waals surface area contributed by atoms with Gasteiger partial charge in [0.2, 0.25) is 0 Å². The van der Waals surface area contributed by atoms with Gasteiger partial charge in [0.1, 0.15) is 22.3 Å². The van der Waals surface area contributed by atoms with E-state index in [1.54, 1.807) is 24.1 Å². The number of fused-ring (bicyclic) bond motifs is 1. The molecule has 48 heavy (non-hydrogen) atoms. The average Bonchev–Trinajstić information content (AvgIpc) is 3.41. The summed E-state index contributed by atoms with van der Waals surface area (Å²) in [6.07, 6.45) is 1.15. The number of ketones is 1. The summed E-state index contributed by atoms with van der Waals surface area (Å²) in [5.74, 6) is -1.33.